The highest BCUT2D eigenvalue weighted by Gasteiger charge is 2.06. The molecule has 0 bridgehead atoms. The summed E-state index contributed by atoms with van der Waals surface area (Å²) < 4.78 is 6.28. The van der Waals surface area contributed by atoms with Crippen LogP contribution in [0.1, 0.15) is 19.4 Å². The maximum Gasteiger partial charge on any atom is 0.134 e. The van der Waals surface area contributed by atoms with Crippen molar-refractivity contribution >= 4 is 15.9 Å². The van der Waals surface area contributed by atoms with Crippen molar-refractivity contribution in [2.75, 3.05) is 6.61 Å². The fourth-order valence-corrected chi connectivity index (χ4v) is 1.43. The van der Waals surface area contributed by atoms with Gasteiger partial charge in [-0.2, -0.15) is 5.26 Å². The first-order valence-electron chi connectivity index (χ1n) is 4.46. The molecule has 0 aliphatic rings. The first-order chi connectivity index (χ1) is 6.65. The van der Waals surface area contributed by atoms with E-state index < -0.39 is 0 Å². The Labute approximate surface area is 92.6 Å². The van der Waals surface area contributed by atoms with Crippen LogP contribution in [0.5, 0.6) is 5.75 Å². The molecule has 0 fully saturated rings. The molecular weight excluding hydrogens is 242 g/mol. The van der Waals surface area contributed by atoms with Crippen molar-refractivity contribution in [1.82, 2.24) is 0 Å². The van der Waals surface area contributed by atoms with E-state index in [0.29, 0.717) is 18.1 Å². The van der Waals surface area contributed by atoms with Gasteiger partial charge < -0.3 is 4.74 Å². The van der Waals surface area contributed by atoms with E-state index in [1.807, 2.05) is 12.1 Å². The van der Waals surface area contributed by atoms with Crippen LogP contribution < -0.4 is 4.74 Å². The molecule has 0 saturated carbocycles. The molecule has 1 rings (SSSR count). The molecule has 2 nitrogen and oxygen atoms in total. The van der Waals surface area contributed by atoms with Crippen molar-refractivity contribution in [3.05, 3.63) is 28.2 Å². The van der Waals surface area contributed by atoms with Gasteiger partial charge in [-0.3, -0.25) is 0 Å². The van der Waals surface area contributed by atoms with Crippen LogP contribution in [0.4, 0.5) is 0 Å². The van der Waals surface area contributed by atoms with Gasteiger partial charge >= 0.3 is 0 Å². The van der Waals surface area contributed by atoms with Gasteiger partial charge in [0.25, 0.3) is 0 Å². The highest BCUT2D eigenvalue weighted by atomic mass is 79.9. The first-order valence-corrected chi connectivity index (χ1v) is 5.26. The topological polar surface area (TPSA) is 33.0 Å². The van der Waals surface area contributed by atoms with Gasteiger partial charge in [0.1, 0.15) is 11.8 Å². The summed E-state index contributed by atoms with van der Waals surface area (Å²) in [6, 6.07) is 7.53. The van der Waals surface area contributed by atoms with E-state index in [9.17, 15) is 0 Å². The molecule has 0 aromatic heterocycles. The number of nitriles is 1. The number of nitrogens with zero attached hydrogens (tertiary/aromatic N) is 1. The number of halogens is 1. The number of rotatable bonds is 3. The van der Waals surface area contributed by atoms with Gasteiger partial charge in [0, 0.05) is 0 Å². The SMILES string of the molecule is CC(C)COc1cccc(C#N)c1Br. The van der Waals surface area contributed by atoms with E-state index in [2.05, 4.69) is 35.8 Å². The minimum atomic E-state index is 0.479. The van der Waals surface area contributed by atoms with E-state index in [-0.39, 0.29) is 0 Å². The lowest BCUT2D eigenvalue weighted by Crippen LogP contribution is -2.05. The summed E-state index contributed by atoms with van der Waals surface area (Å²) in [5.41, 5.74) is 0.603. The Morgan fingerprint density at radius 2 is 2.21 bits per heavy atom. The molecule has 0 amide bonds. The Morgan fingerprint density at radius 1 is 1.50 bits per heavy atom. The summed E-state index contributed by atoms with van der Waals surface area (Å²) in [4.78, 5) is 0. The van der Waals surface area contributed by atoms with E-state index in [1.165, 1.54) is 0 Å². The first kappa shape index (κ1) is 11.1. The number of hydrogen-bond donors (Lipinski definition) is 0. The lowest BCUT2D eigenvalue weighted by atomic mass is 10.2. The number of hydrogen-bond acceptors (Lipinski definition) is 2. The summed E-state index contributed by atoms with van der Waals surface area (Å²) in [5.74, 6) is 1.21. The molecule has 0 unspecified atom stereocenters. The molecule has 1 aromatic rings. The molecule has 1 aromatic carbocycles. The average molecular weight is 254 g/mol. The maximum atomic E-state index is 8.78. The highest BCUT2D eigenvalue weighted by Crippen LogP contribution is 2.28. The van der Waals surface area contributed by atoms with Gasteiger partial charge in [0.2, 0.25) is 0 Å². The van der Waals surface area contributed by atoms with Gasteiger partial charge in [-0.05, 0) is 34.0 Å². The van der Waals surface area contributed by atoms with Crippen molar-refractivity contribution in [3.63, 3.8) is 0 Å². The molecule has 3 heteroatoms. The minimum Gasteiger partial charge on any atom is -0.492 e. The number of benzene rings is 1. The smallest absolute Gasteiger partial charge is 0.134 e. The van der Waals surface area contributed by atoms with Gasteiger partial charge in [0.05, 0.1) is 16.6 Å². The van der Waals surface area contributed by atoms with Crippen LogP contribution in [0.3, 0.4) is 0 Å². The van der Waals surface area contributed by atoms with Crippen LogP contribution in [0, 0.1) is 17.2 Å². The van der Waals surface area contributed by atoms with Gasteiger partial charge in [-0.15, -0.1) is 0 Å². The van der Waals surface area contributed by atoms with Gasteiger partial charge in [-0.1, -0.05) is 19.9 Å². The monoisotopic (exact) mass is 253 g/mol. The molecule has 0 heterocycles. The summed E-state index contributed by atoms with van der Waals surface area (Å²) in [5, 5.41) is 8.78. The molecule has 0 atom stereocenters. The number of ether oxygens (including phenoxy) is 1. The van der Waals surface area contributed by atoms with E-state index in [4.69, 9.17) is 10.00 Å². The molecule has 74 valence electrons. The van der Waals surface area contributed by atoms with Crippen molar-refractivity contribution in [3.8, 4) is 11.8 Å². The van der Waals surface area contributed by atoms with Crippen LogP contribution in [0.15, 0.2) is 22.7 Å². The molecule has 14 heavy (non-hydrogen) atoms. The third-order valence-corrected chi connectivity index (χ3v) is 2.47. The van der Waals surface area contributed by atoms with Crippen LogP contribution >= 0.6 is 15.9 Å². The minimum absolute atomic E-state index is 0.479. The quantitative estimate of drug-likeness (QED) is 0.828. The fourth-order valence-electron chi connectivity index (χ4n) is 0.965. The summed E-state index contributed by atoms with van der Waals surface area (Å²) in [6.07, 6.45) is 0. The molecular formula is C11H12BrNO. The highest BCUT2D eigenvalue weighted by molar-refractivity contribution is 9.10. The second-order valence-electron chi connectivity index (χ2n) is 3.43. The Kier molecular flexibility index (Phi) is 3.97. The molecule has 0 aliphatic heterocycles. The molecule has 0 aliphatic carbocycles. The fraction of sp³-hybridized carbons (Fsp3) is 0.364. The van der Waals surface area contributed by atoms with Crippen LogP contribution in [0.2, 0.25) is 0 Å². The second-order valence-corrected chi connectivity index (χ2v) is 4.23. The predicted octanol–water partition coefficient (Wildman–Crippen LogP) is 3.36. The third-order valence-electron chi connectivity index (χ3n) is 1.66. The molecule has 0 radical (unpaired) electrons. The summed E-state index contributed by atoms with van der Waals surface area (Å²) in [6.45, 7) is 4.83. The third kappa shape index (κ3) is 2.74. The zero-order valence-electron chi connectivity index (χ0n) is 8.25. The average Bonchev–Trinajstić information content (AvgIpc) is 2.16. The van der Waals surface area contributed by atoms with Crippen molar-refractivity contribution < 1.29 is 4.74 Å². The zero-order valence-corrected chi connectivity index (χ0v) is 9.84. The van der Waals surface area contributed by atoms with Gasteiger partial charge in [0.15, 0.2) is 0 Å². The van der Waals surface area contributed by atoms with Crippen LogP contribution in [-0.4, -0.2) is 6.61 Å². The lowest BCUT2D eigenvalue weighted by molar-refractivity contribution is 0.269. The van der Waals surface area contributed by atoms with E-state index >= 15 is 0 Å². The van der Waals surface area contributed by atoms with Crippen LogP contribution in [0.25, 0.3) is 0 Å². The Bertz CT molecular complexity index is 355. The Balaban J connectivity index is 2.83. The Morgan fingerprint density at radius 3 is 2.79 bits per heavy atom. The summed E-state index contributed by atoms with van der Waals surface area (Å²) in [7, 11) is 0. The maximum absolute atomic E-state index is 8.78. The predicted molar refractivity (Wildman–Crippen MR) is 59.2 cm³/mol. The molecule has 0 saturated heterocycles. The van der Waals surface area contributed by atoms with Crippen molar-refractivity contribution in [2.45, 2.75) is 13.8 Å². The normalized spacial score (nSPS) is 9.93. The van der Waals surface area contributed by atoms with E-state index in [0.717, 1.165) is 10.2 Å². The zero-order chi connectivity index (χ0) is 10.6. The molecule has 0 N–H and O–H groups in total. The summed E-state index contributed by atoms with van der Waals surface area (Å²) >= 11 is 3.34. The van der Waals surface area contributed by atoms with Crippen LogP contribution in [-0.2, 0) is 0 Å². The van der Waals surface area contributed by atoms with Crippen molar-refractivity contribution in [2.24, 2.45) is 5.92 Å². The van der Waals surface area contributed by atoms with Gasteiger partial charge in [-0.25, -0.2) is 0 Å². The lowest BCUT2D eigenvalue weighted by Gasteiger charge is -2.10. The Hall–Kier alpha value is -1.01. The second kappa shape index (κ2) is 5.02. The standard InChI is InChI=1S/C11H12BrNO/c1-8(2)7-14-10-5-3-4-9(6-13)11(10)12/h3-5,8H,7H2,1-2H3. The molecule has 0 spiro atoms. The largest absolute Gasteiger partial charge is 0.492 e. The van der Waals surface area contributed by atoms with Crippen molar-refractivity contribution in [1.29, 1.82) is 5.26 Å². The van der Waals surface area contributed by atoms with E-state index in [1.54, 1.807) is 6.07 Å².